The van der Waals surface area contributed by atoms with Crippen LogP contribution in [0.4, 0.5) is 5.69 Å². The number of carbonyl (C=O) groups is 1. The zero-order valence-corrected chi connectivity index (χ0v) is 25.4. The summed E-state index contributed by atoms with van der Waals surface area (Å²) in [6.45, 7) is 2.53. The van der Waals surface area contributed by atoms with Crippen molar-refractivity contribution >= 4 is 52.2 Å². The number of hydrogen-bond donors (Lipinski definition) is 2. The van der Waals surface area contributed by atoms with E-state index in [4.69, 9.17) is 14.2 Å². The average molecular weight is 673 g/mol. The summed E-state index contributed by atoms with van der Waals surface area (Å²) < 4.78 is 19.2. The van der Waals surface area contributed by atoms with E-state index in [9.17, 15) is 4.79 Å². The molecule has 12 heteroatoms. The molecule has 0 fully saturated rings. The molecule has 0 saturated heterocycles. The van der Waals surface area contributed by atoms with Gasteiger partial charge in [0.05, 0.1) is 39.8 Å². The third-order valence-electron chi connectivity index (χ3n) is 5.76. The van der Waals surface area contributed by atoms with Crippen LogP contribution in [0.5, 0.6) is 17.2 Å². The molecule has 1 aromatic heterocycles. The molecule has 0 radical (unpaired) electrons. The van der Waals surface area contributed by atoms with E-state index in [0.717, 1.165) is 22.8 Å². The molecule has 4 rings (SSSR count). The number of carbonyl (C=O) groups excluding carboxylic acids is 1. The van der Waals surface area contributed by atoms with Gasteiger partial charge in [0.2, 0.25) is 5.75 Å². The van der Waals surface area contributed by atoms with Crippen LogP contribution in [-0.4, -0.2) is 54.0 Å². The van der Waals surface area contributed by atoms with Gasteiger partial charge in [-0.05, 0) is 77.5 Å². The first kappa shape index (κ1) is 29.2. The smallest absolute Gasteiger partial charge is 0.250 e. The van der Waals surface area contributed by atoms with Crippen LogP contribution in [0.25, 0.3) is 5.69 Å². The zero-order chi connectivity index (χ0) is 28.5. The Kier molecular flexibility index (Phi) is 10.2. The second-order valence-corrected chi connectivity index (χ2v) is 10.6. The third kappa shape index (κ3) is 7.24. The molecule has 0 aliphatic carbocycles. The Morgan fingerprint density at radius 1 is 1.02 bits per heavy atom. The number of aryl methyl sites for hydroxylation is 1. The van der Waals surface area contributed by atoms with E-state index >= 15 is 0 Å². The Labute approximate surface area is 250 Å². The SMILES string of the molecule is COc1cc(/C=N\NC(=O)CSc2nnc(CNc3ccc(I)cc3C)n2-c2ccccc2)cc(OC)c1OC. The molecule has 3 aromatic carbocycles. The number of rotatable bonds is 12. The maximum absolute atomic E-state index is 12.6. The van der Waals surface area contributed by atoms with E-state index in [-0.39, 0.29) is 11.7 Å². The van der Waals surface area contributed by atoms with Gasteiger partial charge >= 0.3 is 0 Å². The fourth-order valence-electron chi connectivity index (χ4n) is 3.86. The van der Waals surface area contributed by atoms with Crippen molar-refractivity contribution in [2.24, 2.45) is 5.10 Å². The van der Waals surface area contributed by atoms with Crippen LogP contribution in [0.3, 0.4) is 0 Å². The highest BCUT2D eigenvalue weighted by Crippen LogP contribution is 2.37. The van der Waals surface area contributed by atoms with Gasteiger partial charge in [-0.2, -0.15) is 5.10 Å². The number of aromatic nitrogens is 3. The number of thioether (sulfide) groups is 1. The Hall–Kier alpha value is -3.78. The Morgan fingerprint density at radius 3 is 2.40 bits per heavy atom. The summed E-state index contributed by atoms with van der Waals surface area (Å²) in [5.74, 6) is 2.01. The number of nitrogens with one attached hydrogen (secondary N) is 2. The molecule has 0 unspecified atom stereocenters. The van der Waals surface area contributed by atoms with Gasteiger partial charge in [0.25, 0.3) is 5.91 Å². The molecule has 2 N–H and O–H groups in total. The van der Waals surface area contributed by atoms with Crippen LogP contribution in [0.2, 0.25) is 0 Å². The summed E-state index contributed by atoms with van der Waals surface area (Å²) in [6.07, 6.45) is 1.51. The van der Waals surface area contributed by atoms with E-state index in [0.29, 0.717) is 34.5 Å². The van der Waals surface area contributed by atoms with Crippen molar-refractivity contribution in [3.63, 3.8) is 0 Å². The van der Waals surface area contributed by atoms with Crippen LogP contribution in [-0.2, 0) is 11.3 Å². The molecule has 0 aliphatic rings. The van der Waals surface area contributed by atoms with Crippen molar-refractivity contribution in [3.05, 3.63) is 81.2 Å². The molecule has 1 heterocycles. The molecule has 208 valence electrons. The second kappa shape index (κ2) is 14.0. The fourth-order valence-corrected chi connectivity index (χ4v) is 5.27. The van der Waals surface area contributed by atoms with Crippen molar-refractivity contribution in [1.29, 1.82) is 0 Å². The lowest BCUT2D eigenvalue weighted by molar-refractivity contribution is -0.118. The fraction of sp³-hybridized carbons (Fsp3) is 0.214. The number of nitrogens with zero attached hydrogens (tertiary/aromatic N) is 4. The number of halogens is 1. The predicted molar refractivity (Wildman–Crippen MR) is 165 cm³/mol. The highest BCUT2D eigenvalue weighted by atomic mass is 127. The molecule has 0 bridgehead atoms. The maximum atomic E-state index is 12.6. The first-order chi connectivity index (χ1) is 19.4. The summed E-state index contributed by atoms with van der Waals surface area (Å²) in [6, 6.07) is 19.5. The van der Waals surface area contributed by atoms with Crippen LogP contribution < -0.4 is 25.0 Å². The number of methoxy groups -OCH3 is 3. The second-order valence-electron chi connectivity index (χ2n) is 8.42. The molecule has 0 aliphatic heterocycles. The lowest BCUT2D eigenvalue weighted by Crippen LogP contribution is -2.20. The number of amides is 1. The van der Waals surface area contributed by atoms with Crippen molar-refractivity contribution in [2.75, 3.05) is 32.4 Å². The number of anilines is 1. The summed E-state index contributed by atoms with van der Waals surface area (Å²) in [5.41, 5.74) is 6.32. The molecular formula is C28H29IN6O4S. The molecule has 4 aromatic rings. The van der Waals surface area contributed by atoms with Crippen LogP contribution in [0, 0.1) is 10.5 Å². The summed E-state index contributed by atoms with van der Waals surface area (Å²) in [4.78, 5) is 12.6. The van der Waals surface area contributed by atoms with E-state index in [2.05, 4.69) is 73.8 Å². The minimum Gasteiger partial charge on any atom is -0.493 e. The van der Waals surface area contributed by atoms with Gasteiger partial charge in [-0.25, -0.2) is 5.43 Å². The molecule has 1 amide bonds. The monoisotopic (exact) mass is 672 g/mol. The van der Waals surface area contributed by atoms with Gasteiger partial charge in [-0.1, -0.05) is 30.0 Å². The quantitative estimate of drug-likeness (QED) is 0.0931. The first-order valence-electron chi connectivity index (χ1n) is 12.2. The van der Waals surface area contributed by atoms with E-state index < -0.39 is 0 Å². The Bertz CT molecular complexity index is 1470. The molecule has 0 saturated carbocycles. The minimum absolute atomic E-state index is 0.0984. The van der Waals surface area contributed by atoms with Gasteiger partial charge in [0.15, 0.2) is 22.5 Å². The standard InChI is InChI=1S/C28H29IN6O4S/c1-18-12-20(29)10-11-22(18)30-16-25-32-34-28(35(25)21-8-6-5-7-9-21)40-17-26(36)33-31-15-19-13-23(37-2)27(39-4)24(14-19)38-3/h5-15,30H,16-17H2,1-4H3,(H,33,36)/b31-15-. The molecule has 40 heavy (non-hydrogen) atoms. The number of benzene rings is 3. The average Bonchev–Trinajstić information content (AvgIpc) is 3.38. The minimum atomic E-state index is -0.287. The van der Waals surface area contributed by atoms with Crippen molar-refractivity contribution < 1.29 is 19.0 Å². The number of ether oxygens (including phenoxy) is 3. The summed E-state index contributed by atoms with van der Waals surface area (Å²) in [5, 5.41) is 16.9. The Balaban J connectivity index is 1.43. The lowest BCUT2D eigenvalue weighted by atomic mass is 10.2. The van der Waals surface area contributed by atoms with Gasteiger partial charge in [-0.3, -0.25) is 9.36 Å². The highest BCUT2D eigenvalue weighted by Gasteiger charge is 2.16. The largest absolute Gasteiger partial charge is 0.493 e. The number of hydrogen-bond acceptors (Lipinski definition) is 9. The molecule has 0 atom stereocenters. The van der Waals surface area contributed by atoms with E-state index in [1.165, 1.54) is 42.9 Å². The number of para-hydroxylation sites is 1. The van der Waals surface area contributed by atoms with Gasteiger partial charge in [-0.15, -0.1) is 10.2 Å². The predicted octanol–water partition coefficient (Wildman–Crippen LogP) is 5.06. The van der Waals surface area contributed by atoms with Gasteiger partial charge < -0.3 is 19.5 Å². The molecule has 10 nitrogen and oxygen atoms in total. The summed E-state index contributed by atoms with van der Waals surface area (Å²) in [7, 11) is 4.61. The van der Waals surface area contributed by atoms with E-state index in [1.807, 2.05) is 34.9 Å². The molecular weight excluding hydrogens is 643 g/mol. The maximum Gasteiger partial charge on any atom is 0.250 e. The van der Waals surface area contributed by atoms with Crippen molar-refractivity contribution in [3.8, 4) is 22.9 Å². The van der Waals surface area contributed by atoms with Gasteiger partial charge in [0.1, 0.15) is 0 Å². The van der Waals surface area contributed by atoms with Crippen LogP contribution in [0.1, 0.15) is 17.0 Å². The number of hydrazone groups is 1. The lowest BCUT2D eigenvalue weighted by Gasteiger charge is -2.13. The zero-order valence-electron chi connectivity index (χ0n) is 22.5. The topological polar surface area (TPSA) is 112 Å². The molecule has 0 spiro atoms. The third-order valence-corrected chi connectivity index (χ3v) is 7.36. The van der Waals surface area contributed by atoms with Crippen LogP contribution in [0.15, 0.2) is 70.9 Å². The highest BCUT2D eigenvalue weighted by molar-refractivity contribution is 14.1. The van der Waals surface area contributed by atoms with Crippen LogP contribution >= 0.6 is 34.4 Å². The first-order valence-corrected chi connectivity index (χ1v) is 14.2. The van der Waals surface area contributed by atoms with Crippen molar-refractivity contribution in [2.45, 2.75) is 18.6 Å². The summed E-state index contributed by atoms with van der Waals surface area (Å²) >= 11 is 3.58. The van der Waals surface area contributed by atoms with E-state index in [1.54, 1.807) is 12.1 Å². The normalized spacial score (nSPS) is 10.9. The Morgan fingerprint density at radius 2 is 1.75 bits per heavy atom. The van der Waals surface area contributed by atoms with Crippen molar-refractivity contribution in [1.82, 2.24) is 20.2 Å². The van der Waals surface area contributed by atoms with Gasteiger partial charge in [0, 0.05) is 20.5 Å².